The summed E-state index contributed by atoms with van der Waals surface area (Å²) in [6.45, 7) is 1.92. The highest BCUT2D eigenvalue weighted by Gasteiger charge is 2.30. The fourth-order valence-corrected chi connectivity index (χ4v) is 2.38. The molecule has 0 bridgehead atoms. The topological polar surface area (TPSA) is 49.7 Å². The standard InChI is InChI=1S/C13H13N5/c1-2-5-12-11(4-1)15-13(16-12)17-8-10(9-17)18-7-3-6-14-18/h1-7,10H,8-9H2,(H,15,16). The lowest BCUT2D eigenvalue weighted by molar-refractivity contribution is 0.364. The number of hydrogen-bond donors (Lipinski definition) is 1. The fourth-order valence-electron chi connectivity index (χ4n) is 2.38. The molecule has 0 amide bonds. The first-order valence-electron chi connectivity index (χ1n) is 6.09. The number of nitrogens with one attached hydrogen (secondary N) is 1. The summed E-state index contributed by atoms with van der Waals surface area (Å²) in [5.74, 6) is 0.958. The molecule has 2 aromatic heterocycles. The summed E-state index contributed by atoms with van der Waals surface area (Å²) >= 11 is 0. The average molecular weight is 239 g/mol. The Labute approximate surface area is 104 Å². The number of anilines is 1. The van der Waals surface area contributed by atoms with E-state index in [1.807, 2.05) is 41.3 Å². The summed E-state index contributed by atoms with van der Waals surface area (Å²) in [5, 5.41) is 4.27. The van der Waals surface area contributed by atoms with Crippen LogP contribution in [0.15, 0.2) is 42.7 Å². The Morgan fingerprint density at radius 2 is 2.06 bits per heavy atom. The van der Waals surface area contributed by atoms with Crippen LogP contribution in [0.1, 0.15) is 6.04 Å². The van der Waals surface area contributed by atoms with Gasteiger partial charge >= 0.3 is 0 Å². The SMILES string of the molecule is c1ccc2[nH]c(N3CC(n4cccn4)C3)nc2c1. The van der Waals surface area contributed by atoms with Gasteiger partial charge in [0.2, 0.25) is 5.95 Å². The summed E-state index contributed by atoms with van der Waals surface area (Å²) in [6, 6.07) is 10.5. The molecule has 4 rings (SSSR count). The Hall–Kier alpha value is -2.30. The van der Waals surface area contributed by atoms with Crippen LogP contribution in [0.4, 0.5) is 5.95 Å². The highest BCUT2D eigenvalue weighted by atomic mass is 15.4. The van der Waals surface area contributed by atoms with E-state index in [-0.39, 0.29) is 0 Å². The Morgan fingerprint density at radius 1 is 1.17 bits per heavy atom. The van der Waals surface area contributed by atoms with E-state index >= 15 is 0 Å². The number of para-hydroxylation sites is 2. The second-order valence-corrected chi connectivity index (χ2v) is 4.62. The van der Waals surface area contributed by atoms with Crippen molar-refractivity contribution < 1.29 is 0 Å². The molecule has 1 N–H and O–H groups in total. The van der Waals surface area contributed by atoms with Crippen molar-refractivity contribution in [2.75, 3.05) is 18.0 Å². The number of aromatic nitrogens is 4. The van der Waals surface area contributed by atoms with Crippen molar-refractivity contribution >= 4 is 17.0 Å². The molecule has 1 aromatic carbocycles. The predicted molar refractivity (Wildman–Crippen MR) is 69.6 cm³/mol. The number of nitrogens with zero attached hydrogens (tertiary/aromatic N) is 4. The molecule has 1 aliphatic rings. The first-order chi connectivity index (χ1) is 8.90. The Balaban J connectivity index is 1.56. The maximum atomic E-state index is 4.59. The molecule has 18 heavy (non-hydrogen) atoms. The minimum atomic E-state index is 0.466. The molecule has 1 fully saturated rings. The minimum absolute atomic E-state index is 0.466. The lowest BCUT2D eigenvalue weighted by Crippen LogP contribution is -2.48. The zero-order chi connectivity index (χ0) is 11.9. The van der Waals surface area contributed by atoms with Crippen LogP contribution in [0.2, 0.25) is 0 Å². The summed E-state index contributed by atoms with van der Waals surface area (Å²) in [7, 11) is 0. The van der Waals surface area contributed by atoms with E-state index in [4.69, 9.17) is 0 Å². The van der Waals surface area contributed by atoms with E-state index in [2.05, 4.69) is 26.0 Å². The fraction of sp³-hybridized carbons (Fsp3) is 0.231. The van der Waals surface area contributed by atoms with Crippen LogP contribution in [0, 0.1) is 0 Å². The van der Waals surface area contributed by atoms with Gasteiger partial charge in [0.25, 0.3) is 0 Å². The Bertz CT molecular complexity index is 631. The van der Waals surface area contributed by atoms with Gasteiger partial charge in [0.05, 0.1) is 17.1 Å². The van der Waals surface area contributed by atoms with E-state index in [1.54, 1.807) is 0 Å². The van der Waals surface area contributed by atoms with Gasteiger partial charge in [0.1, 0.15) is 0 Å². The highest BCUT2D eigenvalue weighted by molar-refractivity contribution is 5.77. The Kier molecular flexibility index (Phi) is 1.94. The second-order valence-electron chi connectivity index (χ2n) is 4.62. The van der Waals surface area contributed by atoms with Gasteiger partial charge in [-0.2, -0.15) is 5.10 Å². The third-order valence-corrected chi connectivity index (χ3v) is 3.44. The number of H-pyrrole nitrogens is 1. The van der Waals surface area contributed by atoms with Crippen molar-refractivity contribution in [1.29, 1.82) is 0 Å². The number of imidazole rings is 1. The molecule has 0 saturated carbocycles. The van der Waals surface area contributed by atoms with Crippen molar-refractivity contribution in [2.24, 2.45) is 0 Å². The first kappa shape index (κ1) is 9.70. The van der Waals surface area contributed by atoms with E-state index in [0.29, 0.717) is 6.04 Å². The molecular formula is C13H13N5. The molecule has 3 aromatic rings. The van der Waals surface area contributed by atoms with Crippen LogP contribution in [0.3, 0.4) is 0 Å². The van der Waals surface area contributed by atoms with Gasteiger partial charge < -0.3 is 9.88 Å². The molecule has 1 saturated heterocycles. The van der Waals surface area contributed by atoms with Crippen LogP contribution >= 0.6 is 0 Å². The molecular weight excluding hydrogens is 226 g/mol. The molecule has 0 radical (unpaired) electrons. The van der Waals surface area contributed by atoms with Crippen LogP contribution in [0.5, 0.6) is 0 Å². The molecule has 0 unspecified atom stereocenters. The molecule has 0 aliphatic carbocycles. The van der Waals surface area contributed by atoms with Gasteiger partial charge in [0, 0.05) is 25.5 Å². The van der Waals surface area contributed by atoms with Gasteiger partial charge in [-0.15, -0.1) is 0 Å². The number of rotatable bonds is 2. The highest BCUT2D eigenvalue weighted by Crippen LogP contribution is 2.26. The quantitative estimate of drug-likeness (QED) is 0.742. The Morgan fingerprint density at radius 3 is 2.83 bits per heavy atom. The van der Waals surface area contributed by atoms with Gasteiger partial charge in [-0.1, -0.05) is 12.1 Å². The predicted octanol–water partition coefficient (Wildman–Crippen LogP) is 1.82. The van der Waals surface area contributed by atoms with Crippen LogP contribution in [-0.4, -0.2) is 32.8 Å². The van der Waals surface area contributed by atoms with E-state index in [0.717, 1.165) is 30.1 Å². The lowest BCUT2D eigenvalue weighted by atomic mass is 10.1. The largest absolute Gasteiger partial charge is 0.338 e. The van der Waals surface area contributed by atoms with Gasteiger partial charge in [-0.05, 0) is 18.2 Å². The average Bonchev–Trinajstić information content (AvgIpc) is 2.94. The maximum Gasteiger partial charge on any atom is 0.203 e. The van der Waals surface area contributed by atoms with E-state index in [9.17, 15) is 0 Å². The second kappa shape index (κ2) is 3.60. The van der Waals surface area contributed by atoms with Crippen molar-refractivity contribution in [1.82, 2.24) is 19.7 Å². The van der Waals surface area contributed by atoms with Crippen LogP contribution in [0.25, 0.3) is 11.0 Å². The van der Waals surface area contributed by atoms with E-state index in [1.165, 1.54) is 0 Å². The van der Waals surface area contributed by atoms with Gasteiger partial charge in [-0.3, -0.25) is 4.68 Å². The van der Waals surface area contributed by atoms with Crippen molar-refractivity contribution in [3.63, 3.8) is 0 Å². The molecule has 1 aliphatic heterocycles. The first-order valence-corrected chi connectivity index (χ1v) is 6.09. The third kappa shape index (κ3) is 1.40. The lowest BCUT2D eigenvalue weighted by Gasteiger charge is -2.38. The summed E-state index contributed by atoms with van der Waals surface area (Å²) in [6.07, 6.45) is 3.84. The smallest absolute Gasteiger partial charge is 0.203 e. The normalized spacial score (nSPS) is 16.1. The monoisotopic (exact) mass is 239 g/mol. The summed E-state index contributed by atoms with van der Waals surface area (Å²) in [4.78, 5) is 10.2. The number of fused-ring (bicyclic) bond motifs is 1. The number of aromatic amines is 1. The van der Waals surface area contributed by atoms with Crippen LogP contribution < -0.4 is 4.90 Å². The van der Waals surface area contributed by atoms with Crippen molar-refractivity contribution in [2.45, 2.75) is 6.04 Å². The van der Waals surface area contributed by atoms with E-state index < -0.39 is 0 Å². The zero-order valence-electron chi connectivity index (χ0n) is 9.82. The van der Waals surface area contributed by atoms with Crippen molar-refractivity contribution in [3.8, 4) is 0 Å². The third-order valence-electron chi connectivity index (χ3n) is 3.44. The zero-order valence-corrected chi connectivity index (χ0v) is 9.82. The van der Waals surface area contributed by atoms with Gasteiger partial charge in [-0.25, -0.2) is 4.98 Å². The van der Waals surface area contributed by atoms with Crippen LogP contribution in [-0.2, 0) is 0 Å². The minimum Gasteiger partial charge on any atom is -0.338 e. The molecule has 0 atom stereocenters. The summed E-state index contributed by atoms with van der Waals surface area (Å²) in [5.41, 5.74) is 2.12. The number of benzene rings is 1. The molecule has 90 valence electrons. The molecule has 5 nitrogen and oxygen atoms in total. The number of hydrogen-bond acceptors (Lipinski definition) is 3. The molecule has 3 heterocycles. The summed E-state index contributed by atoms with van der Waals surface area (Å²) < 4.78 is 2.01. The van der Waals surface area contributed by atoms with Crippen molar-refractivity contribution in [3.05, 3.63) is 42.7 Å². The maximum absolute atomic E-state index is 4.59. The van der Waals surface area contributed by atoms with Gasteiger partial charge in [0.15, 0.2) is 0 Å². The molecule has 0 spiro atoms. The molecule has 5 heteroatoms.